The summed E-state index contributed by atoms with van der Waals surface area (Å²) in [5.74, 6) is 0.154. The van der Waals surface area contributed by atoms with Crippen LogP contribution in [0.3, 0.4) is 0 Å². The Morgan fingerprint density at radius 2 is 1.75 bits per heavy atom. The Kier molecular flexibility index (Phi) is 5.69. The van der Waals surface area contributed by atoms with Crippen LogP contribution in [-0.4, -0.2) is 37.7 Å². The van der Waals surface area contributed by atoms with Gasteiger partial charge in [-0.15, -0.1) is 0 Å². The van der Waals surface area contributed by atoms with E-state index in [1.165, 1.54) is 0 Å². The highest BCUT2D eigenvalue weighted by atomic mass is 16.7. The van der Waals surface area contributed by atoms with Crippen molar-refractivity contribution in [3.05, 3.63) is 40.9 Å². The number of nitrogens with one attached hydrogen (secondary N) is 1. The monoisotopic (exact) mass is 329 g/mol. The molecule has 0 unspecified atom stereocenters. The molecule has 0 radical (unpaired) electrons. The highest BCUT2D eigenvalue weighted by molar-refractivity contribution is 6.56. The van der Waals surface area contributed by atoms with Gasteiger partial charge in [-0.25, -0.2) is 0 Å². The van der Waals surface area contributed by atoms with Gasteiger partial charge >= 0.3 is 7.12 Å². The molecular weight excluding hydrogens is 301 g/mol. The summed E-state index contributed by atoms with van der Waals surface area (Å²) in [7, 11) is 1.51. The normalized spacial score (nSPS) is 19.6. The number of ketones is 1. The zero-order valence-electron chi connectivity index (χ0n) is 15.6. The topological polar surface area (TPSA) is 47.6 Å². The van der Waals surface area contributed by atoms with Crippen LogP contribution in [0.4, 0.5) is 0 Å². The van der Waals surface area contributed by atoms with E-state index in [0.29, 0.717) is 13.0 Å². The van der Waals surface area contributed by atoms with Crippen LogP contribution in [0.2, 0.25) is 0 Å². The van der Waals surface area contributed by atoms with Gasteiger partial charge in [0, 0.05) is 13.0 Å². The Labute approximate surface area is 145 Å². The Morgan fingerprint density at radius 3 is 2.29 bits per heavy atom. The fourth-order valence-corrected chi connectivity index (χ4v) is 2.70. The van der Waals surface area contributed by atoms with Gasteiger partial charge in [-0.1, -0.05) is 30.3 Å². The van der Waals surface area contributed by atoms with Crippen molar-refractivity contribution < 1.29 is 14.1 Å². The molecule has 0 amide bonds. The van der Waals surface area contributed by atoms with Gasteiger partial charge in [0.2, 0.25) is 0 Å². The van der Waals surface area contributed by atoms with E-state index < -0.39 is 7.12 Å². The zero-order valence-corrected chi connectivity index (χ0v) is 15.6. The van der Waals surface area contributed by atoms with Crippen molar-refractivity contribution in [1.29, 1.82) is 0 Å². The first-order chi connectivity index (χ1) is 11.2. The molecule has 1 heterocycles. The van der Waals surface area contributed by atoms with E-state index in [2.05, 4.69) is 11.4 Å². The smallest absolute Gasteiger partial charge is 0.400 e. The Morgan fingerprint density at radius 1 is 1.17 bits per heavy atom. The molecule has 0 aliphatic carbocycles. The number of carbonyl (C=O) groups is 1. The number of Topliss-reactive ketones (excluding diaryl/α,β-unsaturated/α-hetero) is 1. The standard InChI is InChI=1S/C19H28BNO3/c1-14(22)11-15-9-7-8-10-16(15)12-17(13-21-6)20-23-18(2,3)19(4,5)24-20/h7-10,12,21H,11,13H2,1-6H3. The summed E-state index contributed by atoms with van der Waals surface area (Å²) in [5, 5.41) is 3.18. The zero-order chi connectivity index (χ0) is 18.0. The van der Waals surface area contributed by atoms with Gasteiger partial charge < -0.3 is 14.6 Å². The first kappa shape index (κ1) is 18.9. The fourth-order valence-electron chi connectivity index (χ4n) is 2.70. The largest absolute Gasteiger partial charge is 0.491 e. The van der Waals surface area contributed by atoms with Crippen molar-refractivity contribution >= 4 is 19.0 Å². The third-order valence-electron chi connectivity index (χ3n) is 4.77. The molecule has 1 saturated heterocycles. The molecule has 5 heteroatoms. The summed E-state index contributed by atoms with van der Waals surface area (Å²) in [6.07, 6.45) is 2.51. The number of likely N-dealkylation sites (N-methyl/N-ethyl adjacent to an activating group) is 1. The predicted octanol–water partition coefficient (Wildman–Crippen LogP) is 3.05. The Bertz CT molecular complexity index is 621. The van der Waals surface area contributed by atoms with Crippen molar-refractivity contribution in [2.45, 2.75) is 52.2 Å². The number of hydrogen-bond acceptors (Lipinski definition) is 4. The summed E-state index contributed by atoms with van der Waals surface area (Å²) in [6.45, 7) is 10.5. The number of rotatable bonds is 6. The second-order valence-electron chi connectivity index (χ2n) is 7.42. The maximum absolute atomic E-state index is 11.5. The minimum absolute atomic E-state index is 0.154. The van der Waals surface area contributed by atoms with Gasteiger partial charge in [-0.3, -0.25) is 4.79 Å². The lowest BCUT2D eigenvalue weighted by Gasteiger charge is -2.32. The van der Waals surface area contributed by atoms with Crippen molar-refractivity contribution in [1.82, 2.24) is 5.32 Å². The van der Waals surface area contributed by atoms with Gasteiger partial charge in [0.25, 0.3) is 0 Å². The van der Waals surface area contributed by atoms with E-state index in [1.807, 2.05) is 59.0 Å². The lowest BCUT2D eigenvalue weighted by atomic mass is 9.76. The number of carbonyl (C=O) groups excluding carboxylic acids is 1. The van der Waals surface area contributed by atoms with E-state index in [0.717, 1.165) is 16.6 Å². The molecule has 1 aromatic carbocycles. The second kappa shape index (κ2) is 7.22. The molecule has 2 rings (SSSR count). The van der Waals surface area contributed by atoms with E-state index in [4.69, 9.17) is 9.31 Å². The van der Waals surface area contributed by atoms with Crippen LogP contribution in [0.5, 0.6) is 0 Å². The average Bonchev–Trinajstić information content (AvgIpc) is 2.68. The van der Waals surface area contributed by atoms with Crippen molar-refractivity contribution in [3.63, 3.8) is 0 Å². The molecule has 0 aromatic heterocycles. The minimum atomic E-state index is -0.396. The van der Waals surface area contributed by atoms with E-state index >= 15 is 0 Å². The van der Waals surface area contributed by atoms with Crippen LogP contribution < -0.4 is 5.32 Å². The first-order valence-electron chi connectivity index (χ1n) is 8.44. The van der Waals surface area contributed by atoms with Crippen LogP contribution in [-0.2, 0) is 20.5 Å². The van der Waals surface area contributed by atoms with Crippen LogP contribution >= 0.6 is 0 Å². The maximum atomic E-state index is 11.5. The molecule has 0 atom stereocenters. The minimum Gasteiger partial charge on any atom is -0.400 e. The molecule has 1 aliphatic heterocycles. The molecule has 4 nitrogen and oxygen atoms in total. The second-order valence-corrected chi connectivity index (χ2v) is 7.42. The molecule has 0 spiro atoms. The van der Waals surface area contributed by atoms with Gasteiger partial charge in [0.1, 0.15) is 5.78 Å². The maximum Gasteiger partial charge on any atom is 0.491 e. The molecule has 1 aliphatic rings. The number of hydrogen-bond donors (Lipinski definition) is 1. The number of benzene rings is 1. The summed E-state index contributed by atoms with van der Waals surface area (Å²) in [6, 6.07) is 7.96. The van der Waals surface area contributed by atoms with Crippen LogP contribution in [0.15, 0.2) is 29.7 Å². The van der Waals surface area contributed by atoms with Crippen LogP contribution in [0.25, 0.3) is 6.08 Å². The third kappa shape index (κ3) is 4.15. The molecule has 1 fully saturated rings. The van der Waals surface area contributed by atoms with Gasteiger partial charge in [-0.05, 0) is 58.3 Å². The van der Waals surface area contributed by atoms with Crippen LogP contribution in [0.1, 0.15) is 45.7 Å². The van der Waals surface area contributed by atoms with E-state index in [1.54, 1.807) is 6.92 Å². The molecule has 130 valence electrons. The average molecular weight is 329 g/mol. The van der Waals surface area contributed by atoms with Crippen molar-refractivity contribution in [3.8, 4) is 0 Å². The van der Waals surface area contributed by atoms with Crippen molar-refractivity contribution in [2.24, 2.45) is 0 Å². The fraction of sp³-hybridized carbons (Fsp3) is 0.526. The summed E-state index contributed by atoms with van der Waals surface area (Å²) in [5.41, 5.74) is 2.34. The van der Waals surface area contributed by atoms with E-state index in [9.17, 15) is 4.79 Å². The summed E-state index contributed by atoms with van der Waals surface area (Å²) < 4.78 is 12.3. The lowest BCUT2D eigenvalue weighted by molar-refractivity contribution is -0.116. The lowest BCUT2D eigenvalue weighted by Crippen LogP contribution is -2.41. The molecule has 1 N–H and O–H groups in total. The molecule has 1 aromatic rings. The molecular formula is C19H28BNO3. The van der Waals surface area contributed by atoms with E-state index in [-0.39, 0.29) is 17.0 Å². The Hall–Kier alpha value is -1.43. The third-order valence-corrected chi connectivity index (χ3v) is 4.77. The van der Waals surface area contributed by atoms with Gasteiger partial charge in [0.15, 0.2) is 0 Å². The van der Waals surface area contributed by atoms with Crippen LogP contribution in [0, 0.1) is 0 Å². The summed E-state index contributed by atoms with van der Waals surface area (Å²) >= 11 is 0. The van der Waals surface area contributed by atoms with Gasteiger partial charge in [0.05, 0.1) is 11.2 Å². The molecule has 0 bridgehead atoms. The van der Waals surface area contributed by atoms with Crippen molar-refractivity contribution in [2.75, 3.05) is 13.6 Å². The molecule has 24 heavy (non-hydrogen) atoms. The molecule has 0 saturated carbocycles. The quantitative estimate of drug-likeness (QED) is 0.815. The first-order valence-corrected chi connectivity index (χ1v) is 8.44. The SMILES string of the molecule is CNCC(=Cc1ccccc1CC(C)=O)B1OC(C)(C)C(C)(C)O1. The Balaban J connectivity index is 2.35. The highest BCUT2D eigenvalue weighted by Crippen LogP contribution is 2.38. The predicted molar refractivity (Wildman–Crippen MR) is 98.8 cm³/mol. The summed E-state index contributed by atoms with van der Waals surface area (Å²) in [4.78, 5) is 11.5. The highest BCUT2D eigenvalue weighted by Gasteiger charge is 2.52. The van der Waals surface area contributed by atoms with Gasteiger partial charge in [-0.2, -0.15) is 0 Å².